The van der Waals surface area contributed by atoms with Crippen molar-refractivity contribution in [2.75, 3.05) is 33.2 Å². The number of piperazine rings is 1. The first-order chi connectivity index (χ1) is 11.0. The third-order valence-electron chi connectivity index (χ3n) is 4.17. The van der Waals surface area contributed by atoms with E-state index in [1.165, 1.54) is 0 Å². The van der Waals surface area contributed by atoms with E-state index in [0.717, 1.165) is 18.7 Å². The number of likely N-dealkylation sites (N-methyl/N-ethyl adjacent to an activating group) is 1. The summed E-state index contributed by atoms with van der Waals surface area (Å²) in [4.78, 5) is 2.45. The Kier molecular flexibility index (Phi) is 4.52. The number of benzene rings is 1. The number of hydrogen-bond acceptors (Lipinski definition) is 4. The Hall–Kier alpha value is -1.70. The van der Waals surface area contributed by atoms with E-state index in [9.17, 15) is 8.42 Å². The number of aryl methyl sites for hydroxylation is 1. The molecular weight excluding hydrogens is 312 g/mol. The zero-order valence-corrected chi connectivity index (χ0v) is 14.3. The lowest BCUT2D eigenvalue weighted by Gasteiger charge is -2.31. The maximum atomic E-state index is 12.8. The van der Waals surface area contributed by atoms with Crippen LogP contribution in [0.1, 0.15) is 11.3 Å². The summed E-state index contributed by atoms with van der Waals surface area (Å²) in [6.45, 7) is 4.90. The molecule has 1 aliphatic rings. The average molecular weight is 334 g/mol. The minimum Gasteiger partial charge on any atom is -0.304 e. The van der Waals surface area contributed by atoms with Crippen molar-refractivity contribution in [2.45, 2.75) is 18.4 Å². The summed E-state index contributed by atoms with van der Waals surface area (Å²) in [6.07, 6.45) is 1.65. The lowest BCUT2D eigenvalue weighted by molar-refractivity contribution is 0.222. The molecule has 124 valence electrons. The van der Waals surface area contributed by atoms with Crippen LogP contribution in [0, 0.1) is 6.92 Å². The Morgan fingerprint density at radius 1 is 1.09 bits per heavy atom. The molecule has 0 aliphatic carbocycles. The second-order valence-corrected chi connectivity index (χ2v) is 7.88. The molecule has 0 unspecified atom stereocenters. The van der Waals surface area contributed by atoms with Gasteiger partial charge in [-0.25, -0.2) is 8.42 Å². The Bertz CT molecular complexity index is 763. The van der Waals surface area contributed by atoms with E-state index in [1.807, 2.05) is 37.4 Å². The van der Waals surface area contributed by atoms with Crippen molar-refractivity contribution in [3.8, 4) is 0 Å². The predicted molar refractivity (Wildman–Crippen MR) is 88.8 cm³/mol. The van der Waals surface area contributed by atoms with Gasteiger partial charge in [0.15, 0.2) is 0 Å². The summed E-state index contributed by atoms with van der Waals surface area (Å²) in [5.74, 6) is 0. The first-order valence-corrected chi connectivity index (χ1v) is 9.17. The van der Waals surface area contributed by atoms with Crippen molar-refractivity contribution >= 4 is 10.0 Å². The topological polar surface area (TPSA) is 58.4 Å². The van der Waals surface area contributed by atoms with Gasteiger partial charge in [-0.1, -0.05) is 30.3 Å². The van der Waals surface area contributed by atoms with Crippen LogP contribution in [0.5, 0.6) is 0 Å². The van der Waals surface area contributed by atoms with Crippen molar-refractivity contribution in [3.63, 3.8) is 0 Å². The van der Waals surface area contributed by atoms with Crippen LogP contribution in [0.25, 0.3) is 0 Å². The standard InChI is InChI=1S/C16H22N4O2S/c1-14-16(23(21,22)20-10-8-18(2)9-11-20)13-19(17-14)12-15-6-4-3-5-7-15/h3-7,13H,8-12H2,1-2H3. The van der Waals surface area contributed by atoms with Crippen molar-refractivity contribution in [2.24, 2.45) is 0 Å². The highest BCUT2D eigenvalue weighted by molar-refractivity contribution is 7.89. The molecule has 0 spiro atoms. The van der Waals surface area contributed by atoms with Crippen LogP contribution in [0.2, 0.25) is 0 Å². The summed E-state index contributed by atoms with van der Waals surface area (Å²) in [5.41, 5.74) is 1.65. The van der Waals surface area contributed by atoms with Gasteiger partial charge in [-0.3, -0.25) is 4.68 Å². The molecule has 6 nitrogen and oxygen atoms in total. The Labute approximate surface area is 137 Å². The van der Waals surface area contributed by atoms with Gasteiger partial charge in [0, 0.05) is 32.4 Å². The fourth-order valence-electron chi connectivity index (χ4n) is 2.77. The van der Waals surface area contributed by atoms with Crippen LogP contribution >= 0.6 is 0 Å². The highest BCUT2D eigenvalue weighted by Crippen LogP contribution is 2.20. The van der Waals surface area contributed by atoms with Crippen LogP contribution < -0.4 is 0 Å². The smallest absolute Gasteiger partial charge is 0.246 e. The Morgan fingerprint density at radius 3 is 2.39 bits per heavy atom. The first-order valence-electron chi connectivity index (χ1n) is 7.73. The fraction of sp³-hybridized carbons (Fsp3) is 0.438. The normalized spacial score (nSPS) is 17.5. The van der Waals surface area contributed by atoms with Gasteiger partial charge in [0.2, 0.25) is 10.0 Å². The molecule has 2 aromatic rings. The minimum atomic E-state index is -3.46. The minimum absolute atomic E-state index is 0.318. The zero-order valence-electron chi connectivity index (χ0n) is 13.5. The number of rotatable bonds is 4. The van der Waals surface area contributed by atoms with E-state index in [1.54, 1.807) is 22.1 Å². The maximum absolute atomic E-state index is 12.8. The van der Waals surface area contributed by atoms with Gasteiger partial charge in [0.25, 0.3) is 0 Å². The molecule has 2 heterocycles. The van der Waals surface area contributed by atoms with Crippen LogP contribution in [0.3, 0.4) is 0 Å². The van der Waals surface area contributed by atoms with E-state index in [2.05, 4.69) is 10.00 Å². The summed E-state index contributed by atoms with van der Waals surface area (Å²) in [6, 6.07) is 9.90. The second-order valence-electron chi connectivity index (χ2n) is 5.97. The van der Waals surface area contributed by atoms with Crippen molar-refractivity contribution in [3.05, 3.63) is 47.8 Å². The van der Waals surface area contributed by atoms with Gasteiger partial charge < -0.3 is 4.90 Å². The maximum Gasteiger partial charge on any atom is 0.246 e. The van der Waals surface area contributed by atoms with E-state index in [0.29, 0.717) is 30.2 Å². The summed E-state index contributed by atoms with van der Waals surface area (Å²) >= 11 is 0. The summed E-state index contributed by atoms with van der Waals surface area (Å²) in [5, 5.41) is 4.38. The fourth-order valence-corrected chi connectivity index (χ4v) is 4.36. The molecule has 0 amide bonds. The third-order valence-corrected chi connectivity index (χ3v) is 6.17. The molecule has 0 saturated carbocycles. The predicted octanol–water partition coefficient (Wildman–Crippen LogP) is 1.18. The first kappa shape index (κ1) is 16.2. The lowest BCUT2D eigenvalue weighted by Crippen LogP contribution is -2.47. The van der Waals surface area contributed by atoms with Crippen molar-refractivity contribution < 1.29 is 8.42 Å². The molecule has 1 saturated heterocycles. The molecular formula is C16H22N4O2S. The molecule has 0 atom stereocenters. The Balaban J connectivity index is 1.82. The summed E-state index contributed by atoms with van der Waals surface area (Å²) in [7, 11) is -1.46. The molecule has 3 rings (SSSR count). The quantitative estimate of drug-likeness (QED) is 0.842. The zero-order chi connectivity index (χ0) is 16.4. The summed E-state index contributed by atoms with van der Waals surface area (Å²) < 4.78 is 28.9. The van der Waals surface area contributed by atoms with Gasteiger partial charge in [0.1, 0.15) is 4.90 Å². The molecule has 0 bridgehead atoms. The molecule has 0 radical (unpaired) electrons. The number of hydrogen-bond donors (Lipinski definition) is 0. The van der Waals surface area contributed by atoms with Gasteiger partial charge in [-0.15, -0.1) is 0 Å². The molecule has 0 N–H and O–H groups in total. The molecule has 1 fully saturated rings. The van der Waals surface area contributed by atoms with E-state index >= 15 is 0 Å². The van der Waals surface area contributed by atoms with Crippen LogP contribution in [0.4, 0.5) is 0 Å². The largest absolute Gasteiger partial charge is 0.304 e. The van der Waals surface area contributed by atoms with Gasteiger partial charge in [-0.2, -0.15) is 9.40 Å². The monoisotopic (exact) mass is 334 g/mol. The van der Waals surface area contributed by atoms with E-state index < -0.39 is 10.0 Å². The lowest BCUT2D eigenvalue weighted by atomic mass is 10.2. The number of nitrogens with zero attached hydrogens (tertiary/aromatic N) is 4. The van der Waals surface area contributed by atoms with Crippen LogP contribution in [-0.4, -0.2) is 60.6 Å². The van der Waals surface area contributed by atoms with Crippen LogP contribution in [0.15, 0.2) is 41.4 Å². The molecule has 1 aromatic carbocycles. The highest BCUT2D eigenvalue weighted by atomic mass is 32.2. The van der Waals surface area contributed by atoms with E-state index in [-0.39, 0.29) is 0 Å². The van der Waals surface area contributed by atoms with Gasteiger partial charge in [-0.05, 0) is 19.5 Å². The van der Waals surface area contributed by atoms with Crippen molar-refractivity contribution in [1.82, 2.24) is 19.0 Å². The highest BCUT2D eigenvalue weighted by Gasteiger charge is 2.30. The van der Waals surface area contributed by atoms with E-state index in [4.69, 9.17) is 0 Å². The molecule has 1 aliphatic heterocycles. The Morgan fingerprint density at radius 2 is 1.74 bits per heavy atom. The molecule has 1 aromatic heterocycles. The number of sulfonamides is 1. The van der Waals surface area contributed by atoms with Crippen LogP contribution in [-0.2, 0) is 16.6 Å². The molecule has 7 heteroatoms. The average Bonchev–Trinajstić information content (AvgIpc) is 2.90. The molecule has 23 heavy (non-hydrogen) atoms. The number of aromatic nitrogens is 2. The van der Waals surface area contributed by atoms with Gasteiger partial charge in [0.05, 0.1) is 12.2 Å². The van der Waals surface area contributed by atoms with Crippen molar-refractivity contribution in [1.29, 1.82) is 0 Å². The van der Waals surface area contributed by atoms with Gasteiger partial charge >= 0.3 is 0 Å². The SMILES string of the molecule is Cc1nn(Cc2ccccc2)cc1S(=O)(=O)N1CCN(C)CC1. The second kappa shape index (κ2) is 6.43. The third kappa shape index (κ3) is 3.46.